The summed E-state index contributed by atoms with van der Waals surface area (Å²) in [6.45, 7) is 6.22. The van der Waals surface area contributed by atoms with Crippen molar-refractivity contribution in [2.45, 2.75) is 45.6 Å². The van der Waals surface area contributed by atoms with Gasteiger partial charge in [0.1, 0.15) is 29.3 Å². The molecule has 4 heterocycles. The number of carbonyl (C=O) groups excluding carboxylic acids is 2. The van der Waals surface area contributed by atoms with Crippen molar-refractivity contribution in [3.63, 3.8) is 0 Å². The van der Waals surface area contributed by atoms with E-state index in [9.17, 15) is 9.59 Å². The van der Waals surface area contributed by atoms with Crippen molar-refractivity contribution in [2.75, 3.05) is 65.1 Å². The molecule has 0 aliphatic rings. The highest BCUT2D eigenvalue weighted by molar-refractivity contribution is 5.99. The number of anilines is 1. The second-order valence-corrected chi connectivity index (χ2v) is 10.2. The summed E-state index contributed by atoms with van der Waals surface area (Å²) < 4.78 is 23.6. The van der Waals surface area contributed by atoms with Crippen LogP contribution >= 0.6 is 0 Å². The van der Waals surface area contributed by atoms with E-state index in [-0.39, 0.29) is 11.7 Å². The normalized spacial score (nSPS) is 11.5. The number of Topliss-reactive ketones (excluding diaryl/α,β-unsaturated/α-hetero) is 1. The van der Waals surface area contributed by atoms with E-state index in [0.717, 1.165) is 41.2 Å². The van der Waals surface area contributed by atoms with E-state index in [0.29, 0.717) is 95.9 Å². The predicted molar refractivity (Wildman–Crippen MR) is 165 cm³/mol. The number of amides is 1. The number of rotatable bonds is 22. The van der Waals surface area contributed by atoms with E-state index < -0.39 is 0 Å². The number of hydrogen-bond donors (Lipinski definition) is 3. The summed E-state index contributed by atoms with van der Waals surface area (Å²) in [7, 11) is 0. The molecule has 0 aliphatic carbocycles. The fraction of sp³-hybridized carbons (Fsp3) is 0.533. The SMILES string of the molecule is CC(=O)NCCOCCOCCOCCOCCC(=O)CCCCCn1nc(-c2cnc3[nH]ccc3c2)c2c(N)ncnc21. The molecule has 4 rings (SSSR count). The molecule has 0 fully saturated rings. The van der Waals surface area contributed by atoms with Gasteiger partial charge in [0.2, 0.25) is 5.91 Å². The lowest BCUT2D eigenvalue weighted by molar-refractivity contribution is -0.120. The van der Waals surface area contributed by atoms with Crippen molar-refractivity contribution >= 4 is 39.6 Å². The second-order valence-electron chi connectivity index (χ2n) is 10.2. The molecule has 4 aromatic heterocycles. The third kappa shape index (κ3) is 10.3. The third-order valence-electron chi connectivity index (χ3n) is 6.82. The molecule has 0 aromatic carbocycles. The number of ether oxygens (including phenoxy) is 4. The number of unbranched alkanes of at least 4 members (excludes halogenated alkanes) is 2. The van der Waals surface area contributed by atoms with Crippen LogP contribution in [0.25, 0.3) is 33.3 Å². The van der Waals surface area contributed by atoms with Gasteiger partial charge in [-0.05, 0) is 25.0 Å². The standard InChI is InChI=1S/C30H42N8O6/c1-22(39)32-9-12-42-14-16-44-18-17-43-15-13-41-11-7-25(40)5-3-2-4-10-38-30-26(28(31)35-21-36-30)27(37-38)24-19-23-6-8-33-29(23)34-20-24/h6,8,19-21H,2-5,7,9-18H2,1H3,(H,32,39)(H,33,34)(H2,31,35,36). The number of fused-ring (bicyclic) bond motifs is 2. The second kappa shape index (κ2) is 18.0. The molecule has 0 unspecified atom stereocenters. The van der Waals surface area contributed by atoms with Crippen molar-refractivity contribution in [3.05, 3.63) is 30.9 Å². The van der Waals surface area contributed by atoms with E-state index in [1.807, 2.05) is 23.0 Å². The van der Waals surface area contributed by atoms with Crippen molar-refractivity contribution in [1.29, 1.82) is 0 Å². The van der Waals surface area contributed by atoms with Crippen LogP contribution in [0.3, 0.4) is 0 Å². The van der Waals surface area contributed by atoms with Gasteiger partial charge in [-0.1, -0.05) is 6.42 Å². The minimum Gasteiger partial charge on any atom is -0.383 e. The minimum atomic E-state index is -0.0698. The van der Waals surface area contributed by atoms with Gasteiger partial charge >= 0.3 is 0 Å². The lowest BCUT2D eigenvalue weighted by Gasteiger charge is -2.08. The van der Waals surface area contributed by atoms with Gasteiger partial charge < -0.3 is 35.0 Å². The number of carbonyl (C=O) groups is 2. The number of ketones is 1. The highest BCUT2D eigenvalue weighted by Crippen LogP contribution is 2.31. The number of nitrogens with two attached hydrogens (primary N) is 1. The fourth-order valence-electron chi connectivity index (χ4n) is 4.59. The number of nitrogens with zero attached hydrogens (tertiary/aromatic N) is 5. The van der Waals surface area contributed by atoms with E-state index in [1.54, 1.807) is 6.20 Å². The summed E-state index contributed by atoms with van der Waals surface area (Å²) in [6, 6.07) is 3.99. The number of pyridine rings is 1. The smallest absolute Gasteiger partial charge is 0.216 e. The first-order chi connectivity index (χ1) is 21.5. The van der Waals surface area contributed by atoms with Crippen LogP contribution < -0.4 is 11.1 Å². The number of nitrogens with one attached hydrogen (secondary N) is 2. The van der Waals surface area contributed by atoms with Crippen LogP contribution in [0.4, 0.5) is 5.82 Å². The van der Waals surface area contributed by atoms with Crippen LogP contribution in [0.5, 0.6) is 0 Å². The molecule has 0 aliphatic heterocycles. The zero-order valence-corrected chi connectivity index (χ0v) is 25.3. The highest BCUT2D eigenvalue weighted by atomic mass is 16.6. The van der Waals surface area contributed by atoms with Crippen LogP contribution in [0.15, 0.2) is 30.9 Å². The third-order valence-corrected chi connectivity index (χ3v) is 6.82. The molecule has 0 bridgehead atoms. The van der Waals surface area contributed by atoms with Crippen molar-refractivity contribution in [3.8, 4) is 11.3 Å². The molecule has 0 atom stereocenters. The van der Waals surface area contributed by atoms with Gasteiger partial charge in [-0.2, -0.15) is 5.10 Å². The van der Waals surface area contributed by atoms with Crippen LogP contribution in [0, 0.1) is 0 Å². The summed E-state index contributed by atoms with van der Waals surface area (Å²) in [5.41, 5.74) is 9.28. The molecule has 44 heavy (non-hydrogen) atoms. The maximum Gasteiger partial charge on any atom is 0.216 e. The average Bonchev–Trinajstić information content (AvgIpc) is 3.64. The number of hydrogen-bond acceptors (Lipinski definition) is 11. The Bertz CT molecular complexity index is 1470. The van der Waals surface area contributed by atoms with E-state index in [2.05, 4.69) is 25.3 Å². The van der Waals surface area contributed by atoms with E-state index >= 15 is 0 Å². The van der Waals surface area contributed by atoms with E-state index in [4.69, 9.17) is 29.8 Å². The Balaban J connectivity index is 1.04. The largest absolute Gasteiger partial charge is 0.383 e. The maximum atomic E-state index is 12.3. The first-order valence-corrected chi connectivity index (χ1v) is 15.0. The first kappa shape index (κ1) is 32.9. The number of aromatic nitrogens is 6. The van der Waals surface area contributed by atoms with Gasteiger partial charge in [-0.25, -0.2) is 19.6 Å². The monoisotopic (exact) mass is 610 g/mol. The van der Waals surface area contributed by atoms with Crippen LogP contribution in [-0.2, 0) is 35.1 Å². The summed E-state index contributed by atoms with van der Waals surface area (Å²) in [6.07, 6.45) is 8.54. The number of aryl methyl sites for hydroxylation is 1. The summed E-state index contributed by atoms with van der Waals surface area (Å²) >= 11 is 0. The summed E-state index contributed by atoms with van der Waals surface area (Å²) in [5.74, 6) is 0.506. The van der Waals surface area contributed by atoms with Gasteiger partial charge in [-0.15, -0.1) is 0 Å². The Hall–Kier alpha value is -3.98. The Morgan fingerprint density at radius 1 is 0.909 bits per heavy atom. The first-order valence-electron chi connectivity index (χ1n) is 15.0. The number of nitrogen functional groups attached to an aromatic ring is 1. The van der Waals surface area contributed by atoms with Gasteiger partial charge in [-0.3, -0.25) is 9.59 Å². The van der Waals surface area contributed by atoms with Gasteiger partial charge in [0.15, 0.2) is 5.65 Å². The van der Waals surface area contributed by atoms with Crippen molar-refractivity contribution in [2.24, 2.45) is 0 Å². The predicted octanol–water partition coefficient (Wildman–Crippen LogP) is 2.67. The van der Waals surface area contributed by atoms with Gasteiger partial charge in [0, 0.05) is 56.2 Å². The van der Waals surface area contributed by atoms with Crippen LogP contribution in [0.2, 0.25) is 0 Å². The quantitative estimate of drug-likeness (QED) is 0.111. The molecular weight excluding hydrogens is 568 g/mol. The lowest BCUT2D eigenvalue weighted by Crippen LogP contribution is -2.25. The minimum absolute atomic E-state index is 0.0698. The lowest BCUT2D eigenvalue weighted by atomic mass is 10.1. The zero-order chi connectivity index (χ0) is 31.0. The molecular formula is C30H42N8O6. The number of H-pyrrole nitrogens is 1. The van der Waals surface area contributed by atoms with Crippen molar-refractivity contribution in [1.82, 2.24) is 35.0 Å². The van der Waals surface area contributed by atoms with Crippen molar-refractivity contribution < 1.29 is 28.5 Å². The molecule has 0 saturated heterocycles. The molecule has 0 radical (unpaired) electrons. The van der Waals surface area contributed by atoms with Gasteiger partial charge in [0.25, 0.3) is 0 Å². The Labute approximate surface area is 256 Å². The zero-order valence-electron chi connectivity index (χ0n) is 25.3. The van der Waals surface area contributed by atoms with Gasteiger partial charge in [0.05, 0.1) is 58.2 Å². The molecule has 4 N–H and O–H groups in total. The Morgan fingerprint density at radius 3 is 2.39 bits per heavy atom. The fourth-order valence-corrected chi connectivity index (χ4v) is 4.59. The molecule has 14 heteroatoms. The molecule has 4 aromatic rings. The molecule has 1 amide bonds. The molecule has 238 valence electrons. The number of aromatic amines is 1. The molecule has 14 nitrogen and oxygen atoms in total. The molecule has 0 spiro atoms. The topological polar surface area (TPSA) is 181 Å². The van der Waals surface area contributed by atoms with Crippen LogP contribution in [-0.4, -0.2) is 101 Å². The van der Waals surface area contributed by atoms with E-state index in [1.165, 1.54) is 13.3 Å². The highest BCUT2D eigenvalue weighted by Gasteiger charge is 2.17. The summed E-state index contributed by atoms with van der Waals surface area (Å²) in [4.78, 5) is 39.2. The molecule has 0 saturated carbocycles. The summed E-state index contributed by atoms with van der Waals surface area (Å²) in [5, 5.41) is 9.18. The van der Waals surface area contributed by atoms with Crippen LogP contribution in [0.1, 0.15) is 39.0 Å². The Morgan fingerprint density at radius 2 is 1.64 bits per heavy atom. The maximum absolute atomic E-state index is 12.3. The average molecular weight is 611 g/mol. The Kier molecular flexibility index (Phi) is 13.4.